The fraction of sp³-hybridized carbons (Fsp3) is 0.444. The highest BCUT2D eigenvalue weighted by molar-refractivity contribution is 9.10. The fourth-order valence-electron chi connectivity index (χ4n) is 2.78. The highest BCUT2D eigenvalue weighted by Gasteiger charge is 2.15. The molecule has 3 rings (SSSR count). The highest BCUT2D eigenvalue weighted by atomic mass is 79.9. The Hall–Kier alpha value is -0.850. The van der Waals surface area contributed by atoms with Gasteiger partial charge in [-0.15, -0.1) is 11.3 Å². The van der Waals surface area contributed by atoms with Crippen LogP contribution in [0.2, 0.25) is 0 Å². The fourth-order valence-corrected chi connectivity index (χ4v) is 4.88. The molecule has 3 nitrogen and oxygen atoms in total. The molecule has 0 bridgehead atoms. The summed E-state index contributed by atoms with van der Waals surface area (Å²) >= 11 is 6.79. The van der Waals surface area contributed by atoms with Crippen LogP contribution in [0, 0.1) is 0 Å². The summed E-state index contributed by atoms with van der Waals surface area (Å²) in [6.07, 6.45) is 5.44. The standard InChI is InChI=1S/C18H21BrN2OS2/c19-15-7-5-14(6-8-15)16-13-24-18(20-16)23-12-9-17(22)21-10-3-1-2-4-11-21/h5-8,13H,1-4,9-12H2. The van der Waals surface area contributed by atoms with Gasteiger partial charge in [0.25, 0.3) is 0 Å². The number of rotatable bonds is 5. The number of halogens is 1. The molecule has 1 aliphatic rings. The average molecular weight is 425 g/mol. The number of benzene rings is 1. The zero-order chi connectivity index (χ0) is 16.8. The molecule has 0 atom stereocenters. The molecule has 1 aromatic heterocycles. The minimum atomic E-state index is 0.300. The van der Waals surface area contributed by atoms with Crippen LogP contribution in [0.5, 0.6) is 0 Å². The SMILES string of the molecule is O=C(CCSc1nc(-c2ccc(Br)cc2)cs1)N1CCCCCC1. The van der Waals surface area contributed by atoms with Crippen molar-refractivity contribution in [1.29, 1.82) is 0 Å². The third-order valence-electron chi connectivity index (χ3n) is 4.12. The molecule has 0 spiro atoms. The van der Waals surface area contributed by atoms with Gasteiger partial charge in [0, 0.05) is 40.7 Å². The van der Waals surface area contributed by atoms with Crippen LogP contribution in [0.1, 0.15) is 32.1 Å². The van der Waals surface area contributed by atoms with Crippen LogP contribution < -0.4 is 0 Å². The van der Waals surface area contributed by atoms with E-state index >= 15 is 0 Å². The first-order valence-electron chi connectivity index (χ1n) is 8.34. The molecule has 1 fully saturated rings. The van der Waals surface area contributed by atoms with Gasteiger partial charge in [0.15, 0.2) is 4.34 Å². The molecule has 0 N–H and O–H groups in total. The number of thioether (sulfide) groups is 1. The Kier molecular flexibility index (Phi) is 6.75. The summed E-state index contributed by atoms with van der Waals surface area (Å²) in [6, 6.07) is 8.19. The van der Waals surface area contributed by atoms with Gasteiger partial charge in [0.05, 0.1) is 5.69 Å². The minimum absolute atomic E-state index is 0.300. The van der Waals surface area contributed by atoms with Gasteiger partial charge in [-0.1, -0.05) is 52.7 Å². The van der Waals surface area contributed by atoms with Crippen molar-refractivity contribution in [3.63, 3.8) is 0 Å². The number of hydrogen-bond donors (Lipinski definition) is 0. The molecule has 0 aliphatic carbocycles. The lowest BCUT2D eigenvalue weighted by Crippen LogP contribution is -2.31. The van der Waals surface area contributed by atoms with Gasteiger partial charge in [0.1, 0.15) is 0 Å². The number of thiazole rings is 1. The lowest BCUT2D eigenvalue weighted by molar-refractivity contribution is -0.130. The number of carbonyl (C=O) groups is 1. The Labute approximate surface area is 160 Å². The van der Waals surface area contributed by atoms with Crippen LogP contribution >= 0.6 is 39.0 Å². The summed E-state index contributed by atoms with van der Waals surface area (Å²) in [5, 5.41) is 2.09. The predicted octanol–water partition coefficient (Wildman–Crippen LogP) is 5.46. The van der Waals surface area contributed by atoms with E-state index in [1.165, 1.54) is 12.8 Å². The Morgan fingerprint density at radius 3 is 2.58 bits per heavy atom. The van der Waals surface area contributed by atoms with Crippen molar-refractivity contribution in [3.8, 4) is 11.3 Å². The van der Waals surface area contributed by atoms with Crippen LogP contribution in [0.15, 0.2) is 38.5 Å². The number of aromatic nitrogens is 1. The Morgan fingerprint density at radius 1 is 1.17 bits per heavy atom. The van der Waals surface area contributed by atoms with E-state index in [0.717, 1.165) is 51.8 Å². The van der Waals surface area contributed by atoms with E-state index in [-0.39, 0.29) is 0 Å². The van der Waals surface area contributed by atoms with Gasteiger partial charge in [-0.2, -0.15) is 0 Å². The molecule has 1 saturated heterocycles. The summed E-state index contributed by atoms with van der Waals surface area (Å²) in [5.41, 5.74) is 2.13. The molecule has 24 heavy (non-hydrogen) atoms. The van der Waals surface area contributed by atoms with E-state index < -0.39 is 0 Å². The topological polar surface area (TPSA) is 33.2 Å². The summed E-state index contributed by atoms with van der Waals surface area (Å²) in [5.74, 6) is 1.11. The highest BCUT2D eigenvalue weighted by Crippen LogP contribution is 2.29. The van der Waals surface area contributed by atoms with Crippen molar-refractivity contribution in [2.75, 3.05) is 18.8 Å². The monoisotopic (exact) mass is 424 g/mol. The summed E-state index contributed by atoms with van der Waals surface area (Å²) in [4.78, 5) is 19.0. The van der Waals surface area contributed by atoms with Crippen LogP contribution in [-0.2, 0) is 4.79 Å². The Balaban J connectivity index is 1.48. The summed E-state index contributed by atoms with van der Waals surface area (Å²) < 4.78 is 2.11. The largest absolute Gasteiger partial charge is 0.343 e. The van der Waals surface area contributed by atoms with Crippen LogP contribution in [0.3, 0.4) is 0 Å². The van der Waals surface area contributed by atoms with Crippen molar-refractivity contribution < 1.29 is 4.79 Å². The minimum Gasteiger partial charge on any atom is -0.343 e. The second-order valence-electron chi connectivity index (χ2n) is 5.90. The molecule has 0 saturated carbocycles. The van der Waals surface area contributed by atoms with E-state index in [1.54, 1.807) is 23.1 Å². The quantitative estimate of drug-likeness (QED) is 0.597. The van der Waals surface area contributed by atoms with Gasteiger partial charge in [0.2, 0.25) is 5.91 Å². The second-order valence-corrected chi connectivity index (χ2v) is 9.01. The number of amides is 1. The van der Waals surface area contributed by atoms with Crippen LogP contribution in [0.25, 0.3) is 11.3 Å². The summed E-state index contributed by atoms with van der Waals surface area (Å²) in [6.45, 7) is 1.88. The first-order valence-corrected chi connectivity index (χ1v) is 11.0. The van der Waals surface area contributed by atoms with E-state index in [1.807, 2.05) is 17.0 Å². The van der Waals surface area contributed by atoms with Gasteiger partial charge < -0.3 is 4.90 Å². The lowest BCUT2D eigenvalue weighted by Gasteiger charge is -2.19. The zero-order valence-corrected chi connectivity index (χ0v) is 16.8. The van der Waals surface area contributed by atoms with E-state index in [4.69, 9.17) is 0 Å². The van der Waals surface area contributed by atoms with Crippen molar-refractivity contribution in [2.24, 2.45) is 0 Å². The van der Waals surface area contributed by atoms with E-state index in [9.17, 15) is 4.79 Å². The van der Waals surface area contributed by atoms with Crippen molar-refractivity contribution >= 4 is 44.9 Å². The van der Waals surface area contributed by atoms with Gasteiger partial charge in [-0.3, -0.25) is 4.79 Å². The molecule has 2 aromatic rings. The van der Waals surface area contributed by atoms with Crippen molar-refractivity contribution in [2.45, 2.75) is 36.4 Å². The van der Waals surface area contributed by atoms with Gasteiger partial charge in [-0.25, -0.2) is 4.98 Å². The molecule has 1 aromatic carbocycles. The van der Waals surface area contributed by atoms with E-state index in [2.05, 4.69) is 38.4 Å². The molecule has 0 unspecified atom stereocenters. The smallest absolute Gasteiger partial charge is 0.223 e. The molecular formula is C18H21BrN2OS2. The molecule has 0 radical (unpaired) electrons. The van der Waals surface area contributed by atoms with Crippen LogP contribution in [0.4, 0.5) is 0 Å². The number of carbonyl (C=O) groups excluding carboxylic acids is 1. The zero-order valence-electron chi connectivity index (χ0n) is 13.5. The van der Waals surface area contributed by atoms with Crippen molar-refractivity contribution in [1.82, 2.24) is 9.88 Å². The molecule has 1 amide bonds. The normalized spacial score (nSPS) is 15.3. The number of nitrogens with zero attached hydrogens (tertiary/aromatic N) is 2. The third-order valence-corrected chi connectivity index (χ3v) is 6.67. The molecule has 1 aliphatic heterocycles. The first kappa shape index (κ1) is 18.0. The molecule has 2 heterocycles. The maximum absolute atomic E-state index is 12.3. The summed E-state index contributed by atoms with van der Waals surface area (Å²) in [7, 11) is 0. The number of hydrogen-bond acceptors (Lipinski definition) is 4. The molecular weight excluding hydrogens is 404 g/mol. The maximum atomic E-state index is 12.3. The molecule has 128 valence electrons. The Morgan fingerprint density at radius 2 is 1.88 bits per heavy atom. The van der Waals surface area contributed by atoms with Gasteiger partial charge >= 0.3 is 0 Å². The maximum Gasteiger partial charge on any atom is 0.223 e. The van der Waals surface area contributed by atoms with Crippen LogP contribution in [-0.4, -0.2) is 34.6 Å². The lowest BCUT2D eigenvalue weighted by atomic mass is 10.2. The second kappa shape index (κ2) is 9.02. The average Bonchev–Trinajstić information content (AvgIpc) is 2.89. The predicted molar refractivity (Wildman–Crippen MR) is 106 cm³/mol. The van der Waals surface area contributed by atoms with E-state index in [0.29, 0.717) is 12.3 Å². The molecule has 6 heteroatoms. The Bertz CT molecular complexity index is 664. The van der Waals surface area contributed by atoms with Gasteiger partial charge in [-0.05, 0) is 25.0 Å². The first-order chi connectivity index (χ1) is 11.7. The van der Waals surface area contributed by atoms with Crippen molar-refractivity contribution in [3.05, 3.63) is 34.1 Å². The third kappa shape index (κ3) is 5.07. The number of likely N-dealkylation sites (tertiary alicyclic amines) is 1.